The summed E-state index contributed by atoms with van der Waals surface area (Å²) in [7, 11) is 0. The fourth-order valence-corrected chi connectivity index (χ4v) is 0. The Kier molecular flexibility index (Phi) is 25000. The average Bonchev–Trinajstić information content (AvgIpc) is 0. The summed E-state index contributed by atoms with van der Waals surface area (Å²) in [6.07, 6.45) is 0. The van der Waals surface area contributed by atoms with E-state index in [4.69, 9.17) is 0 Å². The molecule has 0 aromatic heterocycles. The summed E-state index contributed by atoms with van der Waals surface area (Å²) in [6.45, 7) is 0. The van der Waals surface area contributed by atoms with E-state index in [9.17, 15) is 0 Å². The number of hydrogen-bond donors (Lipinski definition) is 0. The first-order valence-electron chi connectivity index (χ1n) is 0. The molecule has 0 radical (unpaired) electrons. The van der Waals surface area contributed by atoms with Crippen LogP contribution in [0.25, 0.3) is 0 Å². The van der Waals surface area contributed by atoms with Gasteiger partial charge in [0.15, 0.2) is 0 Å². The third kappa shape index (κ3) is 491. The molecule has 0 spiro atoms. The molecule has 90 valence electrons. The predicted molar refractivity (Wildman–Crippen MR) is 36.1 cm³/mol. The molecule has 0 fully saturated rings. The first-order valence-corrected chi connectivity index (χ1v) is 0. The molecular weight excluding hydrogens is 487 g/mol. The van der Waals surface area contributed by atoms with E-state index in [1.807, 2.05) is 0 Å². The van der Waals surface area contributed by atoms with Crippen molar-refractivity contribution >= 4 is 0 Å². The van der Waals surface area contributed by atoms with E-state index in [-0.39, 0.29) is 152 Å². The van der Waals surface area contributed by atoms with Crippen molar-refractivity contribution in [3.05, 3.63) is 0 Å². The molecule has 15 heteroatoms. The second-order valence-corrected chi connectivity index (χ2v) is 0. The second-order valence-electron chi connectivity index (χ2n) is 0. The van der Waals surface area contributed by atoms with Crippen LogP contribution in [0.5, 0.6) is 0 Å². The molecule has 0 aliphatic rings. The third-order valence-electron chi connectivity index (χ3n) is 0. The van der Waals surface area contributed by atoms with Gasteiger partial charge < -0.3 is 54.8 Å². The summed E-state index contributed by atoms with van der Waals surface area (Å²) < 4.78 is 0. The molecule has 20 N–H and O–H groups in total. The quantitative estimate of drug-likeness (QED) is 0.276. The van der Waals surface area contributed by atoms with Crippen LogP contribution in [0.2, 0.25) is 0 Å². The van der Waals surface area contributed by atoms with Crippen LogP contribution in [0.3, 0.4) is 0 Å². The maximum Gasteiger partial charge on any atom is 0 e. The molecule has 0 unspecified atom stereocenters. The Balaban J connectivity index is 0. The summed E-state index contributed by atoms with van der Waals surface area (Å²) in [5, 5.41) is 0. The van der Waals surface area contributed by atoms with Gasteiger partial charge >= 0.3 is 0 Å². The molecule has 15 heavy (non-hydrogen) atoms. The van der Waals surface area contributed by atoms with Gasteiger partial charge in [0, 0.05) is 97.4 Å². The standard InChI is InChI=1S/10H2O.5Zn/h10*1H2;;;;;. The van der Waals surface area contributed by atoms with Crippen LogP contribution in [0.4, 0.5) is 0 Å². The van der Waals surface area contributed by atoms with Crippen molar-refractivity contribution in [2.75, 3.05) is 0 Å². The van der Waals surface area contributed by atoms with E-state index >= 15 is 0 Å². The summed E-state index contributed by atoms with van der Waals surface area (Å²) in [5.74, 6) is 0. The Morgan fingerprint density at radius 3 is 0.133 bits per heavy atom. The Morgan fingerprint density at radius 2 is 0.133 bits per heavy atom. The first-order chi connectivity index (χ1) is 0. The minimum Gasteiger partial charge on any atom is -0.412 e. The van der Waals surface area contributed by atoms with Crippen LogP contribution in [0.1, 0.15) is 0 Å². The molecule has 0 amide bonds. The van der Waals surface area contributed by atoms with Crippen LogP contribution in [-0.2, 0) is 97.4 Å². The normalized spacial score (nSPS) is 0. The van der Waals surface area contributed by atoms with Gasteiger partial charge in [-0.1, -0.05) is 0 Å². The van der Waals surface area contributed by atoms with Gasteiger partial charge in [0.1, 0.15) is 0 Å². The zero-order valence-corrected chi connectivity index (χ0v) is 23.4. The molecule has 0 saturated carbocycles. The van der Waals surface area contributed by atoms with Gasteiger partial charge in [-0.25, -0.2) is 0 Å². The van der Waals surface area contributed by atoms with E-state index in [1.54, 1.807) is 0 Å². The van der Waals surface area contributed by atoms with Crippen molar-refractivity contribution in [2.45, 2.75) is 0 Å². The van der Waals surface area contributed by atoms with Gasteiger partial charge in [0.05, 0.1) is 0 Å². The summed E-state index contributed by atoms with van der Waals surface area (Å²) in [6, 6.07) is 0. The molecule has 0 rings (SSSR count). The molecule has 0 saturated heterocycles. The van der Waals surface area contributed by atoms with E-state index < -0.39 is 0 Å². The fourth-order valence-electron chi connectivity index (χ4n) is 0. The van der Waals surface area contributed by atoms with Gasteiger partial charge in [0.25, 0.3) is 0 Å². The molecule has 0 atom stereocenters. The second kappa shape index (κ2) is 559. The Hall–Kier alpha value is 2.72. The summed E-state index contributed by atoms with van der Waals surface area (Å²) in [4.78, 5) is 0. The topological polar surface area (TPSA) is 315 Å². The van der Waals surface area contributed by atoms with E-state index in [0.29, 0.717) is 0 Å². The van der Waals surface area contributed by atoms with E-state index in [0.717, 1.165) is 0 Å². The van der Waals surface area contributed by atoms with Crippen LogP contribution < -0.4 is 0 Å². The number of rotatable bonds is 0. The van der Waals surface area contributed by atoms with Gasteiger partial charge in [-0.2, -0.15) is 0 Å². The zero-order valence-electron chi connectivity index (χ0n) is 8.54. The van der Waals surface area contributed by atoms with E-state index in [2.05, 4.69) is 0 Å². The maximum absolute atomic E-state index is 0. The Morgan fingerprint density at radius 1 is 0.133 bits per heavy atom. The van der Waals surface area contributed by atoms with Crippen molar-refractivity contribution in [1.82, 2.24) is 0 Å². The summed E-state index contributed by atoms with van der Waals surface area (Å²) in [5.41, 5.74) is 0. The van der Waals surface area contributed by atoms with Crippen molar-refractivity contribution in [3.8, 4) is 0 Å². The van der Waals surface area contributed by atoms with Crippen LogP contribution in [0.15, 0.2) is 0 Å². The minimum atomic E-state index is 0. The van der Waals surface area contributed by atoms with Gasteiger partial charge in [0.2, 0.25) is 0 Å². The van der Waals surface area contributed by atoms with Crippen LogP contribution in [-0.4, -0.2) is 54.8 Å². The molecule has 0 aromatic rings. The smallest absolute Gasteiger partial charge is 0 e. The van der Waals surface area contributed by atoms with Gasteiger partial charge in [-0.3, -0.25) is 0 Å². The third-order valence-corrected chi connectivity index (χ3v) is 0. The molecule has 0 heterocycles. The van der Waals surface area contributed by atoms with Crippen molar-refractivity contribution in [1.29, 1.82) is 0 Å². The van der Waals surface area contributed by atoms with Crippen molar-refractivity contribution < 1.29 is 152 Å². The SMILES string of the molecule is O.O.O.O.O.O.O.O.O.O.[Zn].[Zn].[Zn].[Zn].[Zn]. The van der Waals surface area contributed by atoms with Crippen molar-refractivity contribution in [2.24, 2.45) is 0 Å². The average molecular weight is 507 g/mol. The monoisotopic (exact) mass is 500 g/mol. The predicted octanol–water partition coefficient (Wildman–Crippen LogP) is -8.26. The van der Waals surface area contributed by atoms with Crippen LogP contribution >= 0.6 is 0 Å². The van der Waals surface area contributed by atoms with Crippen LogP contribution in [0, 0.1) is 0 Å². The zero-order chi connectivity index (χ0) is 0. The molecular formula is H20O10Zn5. The molecule has 10 nitrogen and oxygen atoms in total. The van der Waals surface area contributed by atoms with Crippen molar-refractivity contribution in [3.63, 3.8) is 0 Å². The molecule has 0 aliphatic carbocycles. The molecule has 0 aromatic carbocycles. The largest absolute Gasteiger partial charge is 0.412 e. The Bertz CT molecular complexity index is 13.8. The van der Waals surface area contributed by atoms with Gasteiger partial charge in [-0.15, -0.1) is 0 Å². The minimum absolute atomic E-state index is 0. The fraction of sp³-hybridized carbons (Fsp3) is 0. The van der Waals surface area contributed by atoms with Gasteiger partial charge in [-0.05, 0) is 0 Å². The maximum atomic E-state index is 0. The van der Waals surface area contributed by atoms with E-state index in [1.165, 1.54) is 0 Å². The molecule has 0 aliphatic heterocycles. The Labute approximate surface area is 151 Å². The molecule has 0 bridgehead atoms. The number of hydrogen-bond acceptors (Lipinski definition) is 0. The summed E-state index contributed by atoms with van der Waals surface area (Å²) >= 11 is 0. The first kappa shape index (κ1) is 671.